The minimum absolute atomic E-state index is 0.0369. The van der Waals surface area contributed by atoms with E-state index in [1.807, 2.05) is 0 Å². The molecule has 0 aliphatic carbocycles. The van der Waals surface area contributed by atoms with Crippen LogP contribution in [0, 0.1) is 0 Å². The Hall–Kier alpha value is -1.49. The van der Waals surface area contributed by atoms with E-state index in [9.17, 15) is 13.2 Å². The van der Waals surface area contributed by atoms with Gasteiger partial charge in [-0.3, -0.25) is 14.8 Å². The fourth-order valence-electron chi connectivity index (χ4n) is 3.20. The van der Waals surface area contributed by atoms with Crippen molar-refractivity contribution in [2.45, 2.75) is 35.9 Å². The van der Waals surface area contributed by atoms with Gasteiger partial charge in [0.1, 0.15) is 4.90 Å². The fourth-order valence-corrected chi connectivity index (χ4v) is 4.35. The summed E-state index contributed by atoms with van der Waals surface area (Å²) in [4.78, 5) is 15.7. The lowest BCUT2D eigenvalue weighted by atomic mass is 10.1. The molecular weight excluding hydrogens is 334 g/mol. The highest BCUT2D eigenvalue weighted by Gasteiger charge is 2.39. The van der Waals surface area contributed by atoms with Crippen LogP contribution in [0.3, 0.4) is 0 Å². The van der Waals surface area contributed by atoms with E-state index in [2.05, 4.69) is 19.8 Å². The molecule has 134 valence electrons. The van der Waals surface area contributed by atoms with Crippen LogP contribution in [0.2, 0.25) is 0 Å². The first-order valence-electron chi connectivity index (χ1n) is 7.92. The zero-order valence-corrected chi connectivity index (χ0v) is 14.6. The predicted molar refractivity (Wildman–Crippen MR) is 85.7 cm³/mol. The summed E-state index contributed by atoms with van der Waals surface area (Å²) in [5.74, 6) is 0.0369. The van der Waals surface area contributed by atoms with Crippen LogP contribution in [0.4, 0.5) is 0 Å². The number of fused-ring (bicyclic) bond motifs is 1. The molecule has 3 atom stereocenters. The van der Waals surface area contributed by atoms with Gasteiger partial charge in [0.15, 0.2) is 0 Å². The monoisotopic (exact) mass is 357 g/mol. The number of hydrogen-bond acceptors (Lipinski definition) is 6. The molecule has 24 heavy (non-hydrogen) atoms. The van der Waals surface area contributed by atoms with Gasteiger partial charge < -0.3 is 9.64 Å². The molecule has 0 saturated carbocycles. The lowest BCUT2D eigenvalue weighted by Gasteiger charge is -2.35. The standard InChI is InChI=1S/C14H23N5O4S/c1-18(2)14(20)4-12-8-19-7-10(3-11(19)9-23-12)17-24(21,22)13-5-15-16-6-13/h5-6,10-12,17H,3-4,7-9H2,1-2H3,(H,15,16)/t10-,11-,12-/m0/s1. The van der Waals surface area contributed by atoms with Crippen LogP contribution in [0.25, 0.3) is 0 Å². The van der Waals surface area contributed by atoms with Gasteiger partial charge in [-0.2, -0.15) is 5.10 Å². The zero-order chi connectivity index (χ0) is 17.3. The quantitative estimate of drug-likeness (QED) is 0.700. The first-order valence-corrected chi connectivity index (χ1v) is 9.40. The second-order valence-corrected chi connectivity index (χ2v) is 8.26. The normalized spacial score (nSPS) is 27.8. The average molecular weight is 357 g/mol. The SMILES string of the molecule is CN(C)C(=O)C[C@H]1CN2C[C@@H](NS(=O)(=O)c3cn[nH]c3)C[C@H]2CO1. The number of aromatic nitrogens is 2. The third-order valence-electron chi connectivity index (χ3n) is 4.50. The minimum atomic E-state index is -3.56. The summed E-state index contributed by atoms with van der Waals surface area (Å²) in [5, 5.41) is 6.18. The number of carbonyl (C=O) groups is 1. The number of rotatable bonds is 5. The highest BCUT2D eigenvalue weighted by atomic mass is 32.2. The molecule has 2 aliphatic heterocycles. The highest BCUT2D eigenvalue weighted by Crippen LogP contribution is 2.25. The van der Waals surface area contributed by atoms with Crippen molar-refractivity contribution in [3.05, 3.63) is 12.4 Å². The lowest BCUT2D eigenvalue weighted by Crippen LogP contribution is -2.47. The van der Waals surface area contributed by atoms with Crippen molar-refractivity contribution in [1.29, 1.82) is 0 Å². The van der Waals surface area contributed by atoms with E-state index >= 15 is 0 Å². The van der Waals surface area contributed by atoms with Crippen LogP contribution in [-0.4, -0.2) is 86.3 Å². The number of nitrogens with one attached hydrogen (secondary N) is 2. The van der Waals surface area contributed by atoms with Gasteiger partial charge in [0.05, 0.1) is 25.3 Å². The molecule has 10 heteroatoms. The molecule has 2 aliphatic rings. The van der Waals surface area contributed by atoms with Crippen LogP contribution in [0.5, 0.6) is 0 Å². The van der Waals surface area contributed by atoms with Crippen LogP contribution in [0.15, 0.2) is 17.3 Å². The van der Waals surface area contributed by atoms with Crippen molar-refractivity contribution in [1.82, 2.24) is 24.7 Å². The number of nitrogens with zero attached hydrogens (tertiary/aromatic N) is 3. The average Bonchev–Trinajstić information content (AvgIpc) is 3.14. The number of morpholine rings is 1. The van der Waals surface area contributed by atoms with Crippen LogP contribution in [-0.2, 0) is 19.6 Å². The maximum absolute atomic E-state index is 12.3. The molecule has 2 fully saturated rings. The van der Waals surface area contributed by atoms with E-state index < -0.39 is 10.0 Å². The Morgan fingerprint density at radius 2 is 2.29 bits per heavy atom. The summed E-state index contributed by atoms with van der Waals surface area (Å²) >= 11 is 0. The first kappa shape index (κ1) is 17.3. The van der Waals surface area contributed by atoms with Gasteiger partial charge in [-0.05, 0) is 6.42 Å². The summed E-state index contributed by atoms with van der Waals surface area (Å²) < 4.78 is 33.0. The van der Waals surface area contributed by atoms with Gasteiger partial charge in [-0.15, -0.1) is 0 Å². The Bertz CT molecular complexity index is 675. The molecule has 1 amide bonds. The molecule has 0 aromatic carbocycles. The Balaban J connectivity index is 1.56. The van der Waals surface area contributed by atoms with Gasteiger partial charge in [0.25, 0.3) is 0 Å². The van der Waals surface area contributed by atoms with Crippen LogP contribution < -0.4 is 4.72 Å². The van der Waals surface area contributed by atoms with Gasteiger partial charge in [-0.1, -0.05) is 0 Å². The van der Waals surface area contributed by atoms with Crippen LogP contribution >= 0.6 is 0 Å². The van der Waals surface area contributed by atoms with Crippen molar-refractivity contribution in [2.24, 2.45) is 0 Å². The maximum atomic E-state index is 12.3. The Morgan fingerprint density at radius 3 is 2.96 bits per heavy atom. The molecule has 0 spiro atoms. The molecule has 0 unspecified atom stereocenters. The third-order valence-corrected chi connectivity index (χ3v) is 5.98. The van der Waals surface area contributed by atoms with E-state index in [0.29, 0.717) is 32.5 Å². The maximum Gasteiger partial charge on any atom is 0.243 e. The van der Waals surface area contributed by atoms with E-state index in [4.69, 9.17) is 4.74 Å². The molecule has 3 rings (SSSR count). The fraction of sp³-hybridized carbons (Fsp3) is 0.714. The molecule has 0 bridgehead atoms. The number of ether oxygens (including phenoxy) is 1. The molecule has 3 heterocycles. The molecule has 2 saturated heterocycles. The third kappa shape index (κ3) is 3.77. The molecule has 0 radical (unpaired) electrons. The lowest BCUT2D eigenvalue weighted by molar-refractivity contribution is -0.134. The summed E-state index contributed by atoms with van der Waals surface area (Å²) in [6.07, 6.45) is 3.56. The van der Waals surface area contributed by atoms with E-state index in [1.165, 1.54) is 12.4 Å². The second kappa shape index (κ2) is 6.79. The van der Waals surface area contributed by atoms with Crippen molar-refractivity contribution < 1.29 is 17.9 Å². The number of hydrogen-bond donors (Lipinski definition) is 2. The second-order valence-electron chi connectivity index (χ2n) is 6.54. The van der Waals surface area contributed by atoms with Crippen molar-refractivity contribution in [2.75, 3.05) is 33.8 Å². The van der Waals surface area contributed by atoms with E-state index in [0.717, 1.165) is 0 Å². The number of carbonyl (C=O) groups excluding carboxylic acids is 1. The minimum Gasteiger partial charge on any atom is -0.375 e. The largest absolute Gasteiger partial charge is 0.375 e. The Kier molecular flexibility index (Phi) is 4.90. The van der Waals surface area contributed by atoms with E-state index in [-0.39, 0.29) is 29.0 Å². The Morgan fingerprint density at radius 1 is 1.50 bits per heavy atom. The van der Waals surface area contributed by atoms with Crippen molar-refractivity contribution in [3.8, 4) is 0 Å². The summed E-state index contributed by atoms with van der Waals surface area (Å²) in [6.45, 7) is 1.79. The molecular formula is C14H23N5O4S. The van der Waals surface area contributed by atoms with Crippen molar-refractivity contribution in [3.63, 3.8) is 0 Å². The van der Waals surface area contributed by atoms with Gasteiger partial charge in [0.2, 0.25) is 15.9 Å². The molecule has 1 aromatic rings. The van der Waals surface area contributed by atoms with Crippen molar-refractivity contribution >= 4 is 15.9 Å². The first-order chi connectivity index (χ1) is 11.3. The molecule has 9 nitrogen and oxygen atoms in total. The topological polar surface area (TPSA) is 108 Å². The summed E-state index contributed by atoms with van der Waals surface area (Å²) in [5.41, 5.74) is 0. The van der Waals surface area contributed by atoms with E-state index in [1.54, 1.807) is 19.0 Å². The Labute approximate surface area is 141 Å². The van der Waals surface area contributed by atoms with Gasteiger partial charge >= 0.3 is 0 Å². The zero-order valence-electron chi connectivity index (χ0n) is 13.8. The predicted octanol–water partition coefficient (Wildman–Crippen LogP) is -0.992. The van der Waals surface area contributed by atoms with Gasteiger partial charge in [0, 0.05) is 45.5 Å². The number of amides is 1. The number of sulfonamides is 1. The summed E-state index contributed by atoms with van der Waals surface area (Å²) in [7, 11) is -0.106. The smallest absolute Gasteiger partial charge is 0.243 e. The van der Waals surface area contributed by atoms with Crippen LogP contribution in [0.1, 0.15) is 12.8 Å². The number of H-pyrrole nitrogens is 1. The van der Waals surface area contributed by atoms with Gasteiger partial charge in [-0.25, -0.2) is 13.1 Å². The number of aromatic amines is 1. The summed E-state index contributed by atoms with van der Waals surface area (Å²) in [6, 6.07) is 0.0227. The molecule has 2 N–H and O–H groups in total. The highest BCUT2D eigenvalue weighted by molar-refractivity contribution is 7.89. The molecule has 1 aromatic heterocycles.